The third-order valence-corrected chi connectivity index (χ3v) is 6.37. The van der Waals surface area contributed by atoms with E-state index in [0.29, 0.717) is 10.7 Å². The highest BCUT2D eigenvalue weighted by molar-refractivity contribution is 7.09. The predicted molar refractivity (Wildman–Crippen MR) is 97.4 cm³/mol. The number of allylic oxidation sites excluding steroid dienone is 2. The van der Waals surface area contributed by atoms with Gasteiger partial charge in [-0.25, -0.2) is 4.99 Å². The van der Waals surface area contributed by atoms with Gasteiger partial charge in [0.25, 0.3) is 0 Å². The van der Waals surface area contributed by atoms with Crippen LogP contribution in [0.5, 0.6) is 0 Å². The first-order valence-corrected chi connectivity index (χ1v) is 10.1. The highest BCUT2D eigenvalue weighted by Gasteiger charge is 2.23. The van der Waals surface area contributed by atoms with E-state index < -0.39 is 0 Å². The zero-order valence-electron chi connectivity index (χ0n) is 13.4. The van der Waals surface area contributed by atoms with Gasteiger partial charge < -0.3 is 5.32 Å². The van der Waals surface area contributed by atoms with Crippen LogP contribution in [0.15, 0.2) is 27.4 Å². The fourth-order valence-electron chi connectivity index (χ4n) is 3.17. The lowest BCUT2D eigenvalue weighted by molar-refractivity contribution is -0.115. The van der Waals surface area contributed by atoms with Crippen molar-refractivity contribution in [2.75, 3.05) is 5.32 Å². The van der Waals surface area contributed by atoms with Crippen LogP contribution in [0.3, 0.4) is 0 Å². The molecular weight excluding hydrogens is 307 g/mol. The number of carbonyl (C=O) groups is 1. The molecule has 1 aromatic rings. The molecule has 3 rings (SSSR count). The first-order valence-electron chi connectivity index (χ1n) is 8.16. The van der Waals surface area contributed by atoms with E-state index in [4.69, 9.17) is 4.99 Å². The number of nitrogens with zero attached hydrogens (tertiary/aromatic N) is 1. The van der Waals surface area contributed by atoms with Crippen LogP contribution >= 0.6 is 11.3 Å². The van der Waals surface area contributed by atoms with E-state index in [1.165, 1.54) is 47.5 Å². The molecule has 22 heavy (non-hydrogen) atoms. The quantitative estimate of drug-likeness (QED) is 0.768. The molecule has 0 saturated heterocycles. The number of hydrogen-bond acceptors (Lipinski definition) is 3. The second-order valence-corrected chi connectivity index (χ2v) is 10.3. The number of carbonyl (C=O) groups excluding carboxylic acids is 1. The number of aliphatic imine (C=N–C) groups is 1. The first-order chi connectivity index (χ1) is 10.5. The van der Waals surface area contributed by atoms with Gasteiger partial charge in [-0.05, 0) is 24.8 Å². The van der Waals surface area contributed by atoms with Gasteiger partial charge >= 0.3 is 0 Å². The predicted octanol–water partition coefficient (Wildman–Crippen LogP) is 4.26. The maximum Gasteiger partial charge on any atom is 0.230 e. The topological polar surface area (TPSA) is 41.5 Å². The van der Waals surface area contributed by atoms with E-state index in [1.807, 2.05) is 10.8 Å². The monoisotopic (exact) mass is 330 g/mol. The maximum atomic E-state index is 12.1. The summed E-state index contributed by atoms with van der Waals surface area (Å²) in [7, 11) is 0. The molecule has 1 N–H and O–H groups in total. The molecule has 0 spiro atoms. The third-order valence-electron chi connectivity index (χ3n) is 4.64. The number of thiophene rings is 1. The van der Waals surface area contributed by atoms with Crippen molar-refractivity contribution in [2.45, 2.75) is 56.1 Å². The van der Waals surface area contributed by atoms with Gasteiger partial charge in [0.05, 0.1) is 23.5 Å². The van der Waals surface area contributed by atoms with Crippen LogP contribution in [0.2, 0.25) is 4.28 Å². The molecule has 5 heteroatoms. The number of fused-ring (bicyclic) bond motifs is 1. The van der Waals surface area contributed by atoms with Gasteiger partial charge in [0, 0.05) is 10.8 Å². The average Bonchev–Trinajstić information content (AvgIpc) is 2.84. The minimum atomic E-state index is 0.0605. The van der Waals surface area contributed by atoms with Crippen LogP contribution in [0.1, 0.15) is 51.9 Å². The molecule has 116 valence electrons. The Morgan fingerprint density at radius 3 is 3.05 bits per heavy atom. The lowest BCUT2D eigenvalue weighted by atomic mass is 9.94. The second kappa shape index (κ2) is 6.70. The molecule has 0 bridgehead atoms. The SMILES string of the molecule is C[C]1([AlH2])CCCC/C=C(/C2=Nc3cscc3NC(=O)C2)CC1. The standard InChI is InChI=1S/C17H21N2OS.Al.2H/c1-12-5-3-2-4-6-13(8-7-12)14-9-17(20)19-16-11-21-10-15(16)18-14;;;/h6,10-11H,2-5,7-9H2,1H3,(H,19,20);;;/b13-6+;;;. The normalized spacial score (nSPS) is 28.9. The van der Waals surface area contributed by atoms with Crippen LogP contribution < -0.4 is 5.32 Å². The lowest BCUT2D eigenvalue weighted by Crippen LogP contribution is -2.16. The zero-order chi connectivity index (χ0) is 15.6. The van der Waals surface area contributed by atoms with Crippen molar-refractivity contribution in [1.82, 2.24) is 0 Å². The molecule has 1 unspecified atom stereocenters. The Kier molecular flexibility index (Phi) is 4.87. The Morgan fingerprint density at radius 1 is 1.32 bits per heavy atom. The third kappa shape index (κ3) is 3.90. The lowest BCUT2D eigenvalue weighted by Gasteiger charge is -2.24. The number of amides is 1. The van der Waals surface area contributed by atoms with Crippen molar-refractivity contribution in [1.29, 1.82) is 0 Å². The van der Waals surface area contributed by atoms with Crippen molar-refractivity contribution in [3.63, 3.8) is 0 Å². The zero-order valence-corrected chi connectivity index (χ0v) is 16.3. The summed E-state index contributed by atoms with van der Waals surface area (Å²) in [5.41, 5.74) is 4.06. The van der Waals surface area contributed by atoms with Crippen LogP contribution in [0.25, 0.3) is 0 Å². The van der Waals surface area contributed by atoms with Gasteiger partial charge in [0.2, 0.25) is 22.2 Å². The van der Waals surface area contributed by atoms with E-state index in [0.717, 1.165) is 29.9 Å². The molecule has 1 atom stereocenters. The molecule has 0 radical (unpaired) electrons. The number of anilines is 1. The minimum Gasteiger partial charge on any atom is -0.323 e. The van der Waals surface area contributed by atoms with Crippen LogP contribution in [0.4, 0.5) is 11.4 Å². The number of nitrogens with one attached hydrogen (secondary N) is 1. The van der Waals surface area contributed by atoms with E-state index in [9.17, 15) is 4.79 Å². The van der Waals surface area contributed by atoms with Crippen molar-refractivity contribution < 1.29 is 4.79 Å². The van der Waals surface area contributed by atoms with Crippen molar-refractivity contribution in [3.05, 3.63) is 22.4 Å². The molecule has 0 saturated carbocycles. The highest BCUT2D eigenvalue weighted by atomic mass is 32.1. The Labute approximate surface area is 144 Å². The first kappa shape index (κ1) is 16.0. The summed E-state index contributed by atoms with van der Waals surface area (Å²) in [6, 6.07) is 0. The summed E-state index contributed by atoms with van der Waals surface area (Å²) in [6.45, 7) is 2.42. The summed E-state index contributed by atoms with van der Waals surface area (Å²) >= 11 is 2.83. The average molecular weight is 330 g/mol. The molecule has 1 aliphatic heterocycles. The van der Waals surface area contributed by atoms with Gasteiger partial charge in [-0.15, -0.1) is 11.3 Å². The molecule has 2 heterocycles. The van der Waals surface area contributed by atoms with Gasteiger partial charge in [0.15, 0.2) is 0 Å². The Hall–Kier alpha value is -0.888. The van der Waals surface area contributed by atoms with Crippen LogP contribution in [-0.2, 0) is 4.79 Å². The van der Waals surface area contributed by atoms with Gasteiger partial charge in [-0.2, -0.15) is 0 Å². The van der Waals surface area contributed by atoms with Crippen molar-refractivity contribution in [3.8, 4) is 0 Å². The maximum absolute atomic E-state index is 12.1. The summed E-state index contributed by atoms with van der Waals surface area (Å²) in [5.74, 6) is 0.0605. The van der Waals surface area contributed by atoms with E-state index >= 15 is 0 Å². The van der Waals surface area contributed by atoms with Gasteiger partial charge in [-0.3, -0.25) is 4.79 Å². The number of hydrogen-bond donors (Lipinski definition) is 1. The Bertz CT molecular complexity index is 630. The molecular formula is C17H23AlN2OS. The molecule has 0 aromatic carbocycles. The fraction of sp³-hybridized carbons (Fsp3) is 0.529. The van der Waals surface area contributed by atoms with E-state index in [2.05, 4.69) is 18.3 Å². The molecule has 0 fully saturated rings. The van der Waals surface area contributed by atoms with E-state index in [-0.39, 0.29) is 5.91 Å². The fourth-order valence-corrected chi connectivity index (χ4v) is 4.47. The van der Waals surface area contributed by atoms with Crippen molar-refractivity contribution in [2.24, 2.45) is 4.99 Å². The summed E-state index contributed by atoms with van der Waals surface area (Å²) < 4.78 is 0.518. The largest absolute Gasteiger partial charge is 0.323 e. The van der Waals surface area contributed by atoms with Gasteiger partial charge in [-0.1, -0.05) is 36.5 Å². The summed E-state index contributed by atoms with van der Waals surface area (Å²) in [5, 5.41) is 6.95. The molecule has 1 amide bonds. The highest BCUT2D eigenvalue weighted by Crippen LogP contribution is 2.38. The van der Waals surface area contributed by atoms with Crippen molar-refractivity contribution >= 4 is 50.6 Å². The Morgan fingerprint density at radius 2 is 2.18 bits per heavy atom. The molecule has 1 aromatic heterocycles. The van der Waals surface area contributed by atoms with E-state index in [1.54, 1.807) is 11.3 Å². The molecule has 1 aliphatic carbocycles. The molecule has 3 nitrogen and oxygen atoms in total. The number of rotatable bonds is 1. The smallest absolute Gasteiger partial charge is 0.230 e. The second-order valence-electron chi connectivity index (χ2n) is 7.09. The Balaban J connectivity index is 1.89. The summed E-state index contributed by atoms with van der Waals surface area (Å²) in [4.78, 5) is 16.9. The van der Waals surface area contributed by atoms with Gasteiger partial charge in [0.1, 0.15) is 0 Å². The van der Waals surface area contributed by atoms with Crippen LogP contribution in [-0.4, -0.2) is 27.9 Å². The molecule has 2 aliphatic rings. The van der Waals surface area contributed by atoms with Crippen LogP contribution in [0, 0.1) is 0 Å². The minimum absolute atomic E-state index is 0.0605. The summed E-state index contributed by atoms with van der Waals surface area (Å²) in [6.07, 6.45) is 10.1.